The molecule has 0 aromatic heterocycles. The molecule has 0 bridgehead atoms. The van der Waals surface area contributed by atoms with Crippen LogP contribution in [-0.4, -0.2) is 0 Å². The average Bonchev–Trinajstić information content (AvgIpc) is 3.12. The molecule has 5 heteroatoms. The van der Waals surface area contributed by atoms with Crippen LogP contribution < -0.4 is 31.8 Å². The van der Waals surface area contributed by atoms with Crippen LogP contribution in [0.2, 0.25) is 0 Å². The molecular formula is C41H37ClOP2Ru. The summed E-state index contributed by atoms with van der Waals surface area (Å²) in [5.74, 6) is 0. The zero-order valence-corrected chi connectivity index (χ0v) is 30.5. The summed E-state index contributed by atoms with van der Waals surface area (Å²) in [7, 11) is 3.53. The fourth-order valence-corrected chi connectivity index (χ4v) is 10.5. The predicted molar refractivity (Wildman–Crippen MR) is 199 cm³/mol. The zero-order chi connectivity index (χ0) is 33.3. The van der Waals surface area contributed by atoms with Crippen LogP contribution in [0.1, 0.15) is 22.3 Å². The molecule has 0 N–H and O–H groups in total. The first-order chi connectivity index (χ1) is 22.5. The molecule has 0 spiro atoms. The van der Waals surface area contributed by atoms with Gasteiger partial charge in [-0.3, -0.25) is 0 Å². The van der Waals surface area contributed by atoms with Gasteiger partial charge in [-0.15, -0.1) is 11.4 Å². The predicted octanol–water partition coefficient (Wildman–Crippen LogP) is 8.65. The Morgan fingerprint density at radius 1 is 0.435 bits per heavy atom. The van der Waals surface area contributed by atoms with Gasteiger partial charge < -0.3 is 0 Å². The van der Waals surface area contributed by atoms with E-state index >= 15 is 0 Å². The van der Waals surface area contributed by atoms with E-state index in [0.29, 0.717) is 0 Å². The standard InChI is InChI=1S/C20H19P.C20H18P.CO.ClH.Ru/c2*1-16-10-9-11-17(2)20(16)21(18-12-5-3-6-13-18)19-14-7-4-8-15-19;1-2;;/h3-15H,1-2H3;3-15H,1H2,2H3;;1H;/q;-1;;;+2/p-1. The molecule has 1 nitrogen and oxygen atoms in total. The first kappa shape index (κ1) is 37.2. The molecule has 46 heavy (non-hydrogen) atoms. The fourth-order valence-electron chi connectivity index (χ4n) is 5.32. The van der Waals surface area contributed by atoms with Crippen LogP contribution in [0.25, 0.3) is 0 Å². The molecule has 6 rings (SSSR count). The van der Waals surface area contributed by atoms with Crippen molar-refractivity contribution < 1.29 is 22.0 Å². The Morgan fingerprint density at radius 2 is 0.696 bits per heavy atom. The Hall–Kier alpha value is -3.30. The van der Waals surface area contributed by atoms with Gasteiger partial charge in [0.1, 0.15) is 0 Å². The zero-order valence-electron chi connectivity index (χ0n) is 26.3. The van der Waals surface area contributed by atoms with E-state index in [9.17, 15) is 0 Å². The number of benzene rings is 6. The van der Waals surface area contributed by atoms with E-state index in [1.54, 1.807) is 0 Å². The summed E-state index contributed by atoms with van der Waals surface area (Å²) in [6, 6.07) is 56.3. The molecule has 6 aromatic carbocycles. The Labute approximate surface area is 292 Å². The normalized spacial score (nSPS) is 10.0. The van der Waals surface area contributed by atoms with Gasteiger partial charge in [-0.2, -0.15) is 18.6 Å². The van der Waals surface area contributed by atoms with Crippen LogP contribution in [0, 0.1) is 34.3 Å². The molecule has 0 saturated heterocycles. The number of hydrogen-bond donors (Lipinski definition) is 0. The van der Waals surface area contributed by atoms with Gasteiger partial charge in [0, 0.05) is 0 Å². The first-order valence-electron chi connectivity index (χ1n) is 14.7. The molecule has 0 aliphatic heterocycles. The minimum atomic E-state index is -0.550. The van der Waals surface area contributed by atoms with Gasteiger partial charge in [-0.25, -0.2) is 0 Å². The summed E-state index contributed by atoms with van der Waals surface area (Å²) in [5.41, 5.74) is 5.22. The molecule has 0 saturated carbocycles. The topological polar surface area (TPSA) is 19.9 Å². The summed E-state index contributed by atoms with van der Waals surface area (Å²) < 4.78 is 7.50. The third kappa shape index (κ3) is 9.85. The molecular weight excluding hydrogens is 707 g/mol. The SMILES string of the molecule is Cc1cccc(C)c1P(c1ccccc1)c1ccccc1.[C-]#[O+].[CH2-]c1cccc(C)c1P(c1ccccc1)c1ccccc1.[Cl][Ru+]. The van der Waals surface area contributed by atoms with Crippen molar-refractivity contribution in [2.75, 3.05) is 0 Å². The van der Waals surface area contributed by atoms with Crippen LogP contribution in [0.15, 0.2) is 158 Å². The van der Waals surface area contributed by atoms with Crippen molar-refractivity contribution >= 4 is 57.4 Å². The van der Waals surface area contributed by atoms with Gasteiger partial charge in [0.05, 0.1) is 0 Å². The molecule has 0 amide bonds. The van der Waals surface area contributed by atoms with E-state index in [4.69, 9.17) is 4.65 Å². The fraction of sp³-hybridized carbons (Fsp3) is 0.0732. The molecule has 0 fully saturated rings. The summed E-state index contributed by atoms with van der Waals surface area (Å²) in [4.78, 5) is 0. The van der Waals surface area contributed by atoms with Crippen molar-refractivity contribution in [2.45, 2.75) is 20.8 Å². The van der Waals surface area contributed by atoms with Gasteiger partial charge in [0.15, 0.2) is 0 Å². The molecule has 0 unspecified atom stereocenters. The Balaban J connectivity index is 0.000000226. The van der Waals surface area contributed by atoms with Crippen LogP contribution in [0.4, 0.5) is 0 Å². The number of aryl methyl sites for hydroxylation is 3. The van der Waals surface area contributed by atoms with Crippen molar-refractivity contribution in [3.8, 4) is 0 Å². The van der Waals surface area contributed by atoms with E-state index < -0.39 is 15.8 Å². The monoisotopic (exact) mass is 744 g/mol. The van der Waals surface area contributed by atoms with E-state index in [2.05, 4.69) is 202 Å². The quantitative estimate of drug-likeness (QED) is 0.0705. The van der Waals surface area contributed by atoms with Crippen LogP contribution in [0.5, 0.6) is 0 Å². The van der Waals surface area contributed by atoms with Crippen molar-refractivity contribution in [2.24, 2.45) is 0 Å². The molecule has 6 aromatic rings. The molecule has 0 atom stereocenters. The second-order valence-corrected chi connectivity index (χ2v) is 14.6. The molecule has 0 radical (unpaired) electrons. The molecule has 232 valence electrons. The summed E-state index contributed by atoms with van der Waals surface area (Å²) in [5, 5.41) is 8.44. The number of halogens is 1. The van der Waals surface area contributed by atoms with Crippen LogP contribution in [0.3, 0.4) is 0 Å². The summed E-state index contributed by atoms with van der Waals surface area (Å²) in [6.07, 6.45) is 0. The summed E-state index contributed by atoms with van der Waals surface area (Å²) >= 11 is 1.82. The molecule has 0 heterocycles. The van der Waals surface area contributed by atoms with Gasteiger partial charge in [0.25, 0.3) is 0 Å². The summed E-state index contributed by atoms with van der Waals surface area (Å²) in [6.45, 7) is 15.4. The van der Waals surface area contributed by atoms with E-state index in [1.165, 1.54) is 48.5 Å². The number of rotatable bonds is 6. The van der Waals surface area contributed by atoms with Crippen molar-refractivity contribution in [1.82, 2.24) is 0 Å². The van der Waals surface area contributed by atoms with E-state index in [-0.39, 0.29) is 0 Å². The third-order valence-electron chi connectivity index (χ3n) is 7.27. The average molecular weight is 744 g/mol. The van der Waals surface area contributed by atoms with Crippen LogP contribution in [-0.2, 0) is 22.0 Å². The number of hydrogen-bond acceptors (Lipinski definition) is 0. The second kappa shape index (κ2) is 20.0. The van der Waals surface area contributed by atoms with Crippen LogP contribution >= 0.6 is 25.5 Å². The van der Waals surface area contributed by atoms with E-state index in [1.807, 2.05) is 17.3 Å². The maximum absolute atomic E-state index is 7.50. The third-order valence-corrected chi connectivity index (χ3v) is 12.8. The van der Waals surface area contributed by atoms with Gasteiger partial charge in [0.2, 0.25) is 0 Å². The van der Waals surface area contributed by atoms with E-state index in [0.717, 1.165) is 5.56 Å². The van der Waals surface area contributed by atoms with Crippen molar-refractivity contribution in [3.63, 3.8) is 0 Å². The van der Waals surface area contributed by atoms with Gasteiger partial charge in [-0.05, 0) is 59.4 Å². The molecule has 0 aliphatic carbocycles. The first-order valence-corrected chi connectivity index (χ1v) is 19.6. The van der Waals surface area contributed by atoms with Crippen molar-refractivity contribution in [3.05, 3.63) is 194 Å². The minimum absolute atomic E-state index is 0.488. The van der Waals surface area contributed by atoms with Crippen molar-refractivity contribution in [1.29, 1.82) is 0 Å². The second-order valence-electron chi connectivity index (χ2n) is 10.3. The Morgan fingerprint density at radius 3 is 1.00 bits per heavy atom. The Kier molecular flexibility index (Phi) is 16.2. The van der Waals surface area contributed by atoms with Gasteiger partial charge in [-0.1, -0.05) is 166 Å². The van der Waals surface area contributed by atoms with Gasteiger partial charge >= 0.3 is 38.3 Å². The maximum atomic E-state index is 7.50. The molecule has 0 aliphatic rings. The Bertz CT molecular complexity index is 1510.